The highest BCUT2D eigenvalue weighted by Gasteiger charge is 2.20. The van der Waals surface area contributed by atoms with E-state index in [2.05, 4.69) is 26.2 Å². The number of aromatic nitrogens is 1. The van der Waals surface area contributed by atoms with Crippen molar-refractivity contribution >= 4 is 33.0 Å². The molecule has 3 N–H and O–H groups in total. The molecule has 0 fully saturated rings. The third-order valence-electron chi connectivity index (χ3n) is 2.29. The Labute approximate surface area is 113 Å². The van der Waals surface area contributed by atoms with Gasteiger partial charge in [0.2, 0.25) is 0 Å². The van der Waals surface area contributed by atoms with Crippen molar-refractivity contribution in [2.45, 2.75) is 0 Å². The summed E-state index contributed by atoms with van der Waals surface area (Å²) in [6, 6.07) is 0.126. The molecule has 3 nitrogen and oxygen atoms in total. The molecule has 8 heteroatoms. The molecule has 0 aliphatic heterocycles. The van der Waals surface area contributed by atoms with Crippen LogP contribution in [-0.4, -0.2) is 4.98 Å². The number of pyridine rings is 1. The highest BCUT2D eigenvalue weighted by Crippen LogP contribution is 2.33. The molecule has 0 aliphatic rings. The average Bonchev–Trinajstić information content (AvgIpc) is 2.35. The number of benzene rings is 1. The molecule has 0 spiro atoms. The number of halogens is 5. The molecule has 0 amide bonds. The van der Waals surface area contributed by atoms with Crippen LogP contribution in [0.15, 0.2) is 22.9 Å². The number of hydrogen-bond donors (Lipinski definition) is 2. The second kappa shape index (κ2) is 5.04. The maximum atomic E-state index is 13.5. The van der Waals surface area contributed by atoms with Crippen LogP contribution < -0.4 is 11.1 Å². The van der Waals surface area contributed by atoms with E-state index < -0.39 is 29.0 Å². The maximum Gasteiger partial charge on any atom is 0.185 e. The molecule has 2 rings (SSSR count). The Bertz CT molecular complexity index is 602. The predicted molar refractivity (Wildman–Crippen MR) is 65.9 cm³/mol. The van der Waals surface area contributed by atoms with Gasteiger partial charge in [0.05, 0.1) is 22.0 Å². The zero-order chi connectivity index (χ0) is 14.2. The van der Waals surface area contributed by atoms with Crippen LogP contribution in [0.25, 0.3) is 0 Å². The quantitative estimate of drug-likeness (QED) is 0.649. The van der Waals surface area contributed by atoms with Crippen molar-refractivity contribution in [1.29, 1.82) is 0 Å². The van der Waals surface area contributed by atoms with Gasteiger partial charge in [0.25, 0.3) is 0 Å². The number of nitrogens with zero attached hydrogens (tertiary/aromatic N) is 1. The van der Waals surface area contributed by atoms with Crippen LogP contribution >= 0.6 is 15.9 Å². The Balaban J connectivity index is 2.56. The molecule has 0 saturated heterocycles. The van der Waals surface area contributed by atoms with Gasteiger partial charge in [-0.2, -0.15) is 0 Å². The van der Waals surface area contributed by atoms with E-state index in [0.29, 0.717) is 0 Å². The van der Waals surface area contributed by atoms with Crippen molar-refractivity contribution in [2.75, 3.05) is 11.1 Å². The van der Waals surface area contributed by atoms with Gasteiger partial charge in [-0.25, -0.2) is 17.6 Å². The van der Waals surface area contributed by atoms with E-state index in [1.807, 2.05) is 0 Å². The zero-order valence-electron chi connectivity index (χ0n) is 9.15. The largest absolute Gasteiger partial charge is 0.396 e. The number of nitrogens with one attached hydrogen (secondary N) is 1. The van der Waals surface area contributed by atoms with Gasteiger partial charge in [-0.05, 0) is 15.9 Å². The fourth-order valence-corrected chi connectivity index (χ4v) is 1.84. The van der Waals surface area contributed by atoms with E-state index in [4.69, 9.17) is 5.73 Å². The zero-order valence-corrected chi connectivity index (χ0v) is 10.7. The summed E-state index contributed by atoms with van der Waals surface area (Å²) in [5.41, 5.74) is 4.70. The SMILES string of the molecule is Nc1cncc(Br)c1Nc1c(F)c(F)cc(F)c1F. The van der Waals surface area contributed by atoms with Crippen LogP contribution in [-0.2, 0) is 0 Å². The Morgan fingerprint density at radius 1 is 1.00 bits per heavy atom. The summed E-state index contributed by atoms with van der Waals surface area (Å²) in [6.45, 7) is 0. The molecule has 19 heavy (non-hydrogen) atoms. The van der Waals surface area contributed by atoms with E-state index in [0.717, 1.165) is 0 Å². The van der Waals surface area contributed by atoms with Crippen molar-refractivity contribution in [3.8, 4) is 0 Å². The normalized spacial score (nSPS) is 10.6. The van der Waals surface area contributed by atoms with E-state index in [9.17, 15) is 17.6 Å². The molecule has 0 radical (unpaired) electrons. The summed E-state index contributed by atoms with van der Waals surface area (Å²) >= 11 is 3.05. The molecule has 1 aromatic heterocycles. The Morgan fingerprint density at radius 3 is 2.11 bits per heavy atom. The first-order chi connectivity index (χ1) is 8.91. The Kier molecular flexibility index (Phi) is 3.61. The molecule has 0 aliphatic carbocycles. The van der Waals surface area contributed by atoms with E-state index in [1.165, 1.54) is 12.4 Å². The monoisotopic (exact) mass is 335 g/mol. The van der Waals surface area contributed by atoms with Gasteiger partial charge < -0.3 is 11.1 Å². The lowest BCUT2D eigenvalue weighted by Crippen LogP contribution is -2.05. The first kappa shape index (κ1) is 13.6. The smallest absolute Gasteiger partial charge is 0.185 e. The molecule has 1 heterocycles. The second-order valence-corrected chi connectivity index (χ2v) is 4.41. The number of nitrogens with two attached hydrogens (primary N) is 1. The van der Waals surface area contributed by atoms with Gasteiger partial charge in [0, 0.05) is 12.3 Å². The summed E-state index contributed by atoms with van der Waals surface area (Å²) in [7, 11) is 0. The summed E-state index contributed by atoms with van der Waals surface area (Å²) in [4.78, 5) is 3.72. The van der Waals surface area contributed by atoms with Crippen LogP contribution in [0.2, 0.25) is 0 Å². The van der Waals surface area contributed by atoms with Gasteiger partial charge >= 0.3 is 0 Å². The average molecular weight is 336 g/mol. The Hall–Kier alpha value is -1.83. The molecule has 1 aromatic carbocycles. The predicted octanol–water partition coefficient (Wildman–Crippen LogP) is 3.73. The number of hydrogen-bond acceptors (Lipinski definition) is 3. The highest BCUT2D eigenvalue weighted by molar-refractivity contribution is 9.10. The highest BCUT2D eigenvalue weighted by atomic mass is 79.9. The third-order valence-corrected chi connectivity index (χ3v) is 2.89. The molecule has 2 aromatic rings. The van der Waals surface area contributed by atoms with Crippen LogP contribution in [0.5, 0.6) is 0 Å². The van der Waals surface area contributed by atoms with Gasteiger partial charge in [-0.3, -0.25) is 4.98 Å². The minimum atomic E-state index is -1.54. The van der Waals surface area contributed by atoms with E-state index in [1.54, 1.807) is 0 Å². The van der Waals surface area contributed by atoms with Gasteiger partial charge in [-0.1, -0.05) is 0 Å². The van der Waals surface area contributed by atoms with Gasteiger partial charge in [-0.15, -0.1) is 0 Å². The molecule has 0 saturated carbocycles. The fourth-order valence-electron chi connectivity index (χ4n) is 1.39. The first-order valence-electron chi connectivity index (χ1n) is 4.90. The Morgan fingerprint density at radius 2 is 1.58 bits per heavy atom. The summed E-state index contributed by atoms with van der Waals surface area (Å²) in [5, 5.41) is 2.22. The summed E-state index contributed by atoms with van der Waals surface area (Å²) in [5.74, 6) is -6.10. The standard InChI is InChI=1S/C11H6BrF4N3/c12-4-2-18-3-7(17)10(4)19-11-8(15)5(13)1-6(14)9(11)16/h1-3H,17H2,(H,18,19). The van der Waals surface area contributed by atoms with Crippen molar-refractivity contribution in [1.82, 2.24) is 4.98 Å². The summed E-state index contributed by atoms with van der Waals surface area (Å²) in [6.07, 6.45) is 2.53. The third kappa shape index (κ3) is 2.48. The lowest BCUT2D eigenvalue weighted by atomic mass is 10.2. The first-order valence-corrected chi connectivity index (χ1v) is 5.70. The van der Waals surface area contributed by atoms with Crippen molar-refractivity contribution in [3.05, 3.63) is 46.2 Å². The van der Waals surface area contributed by atoms with Gasteiger partial charge in [0.15, 0.2) is 23.3 Å². The van der Waals surface area contributed by atoms with Gasteiger partial charge in [0.1, 0.15) is 5.69 Å². The van der Waals surface area contributed by atoms with Crippen LogP contribution in [0.1, 0.15) is 0 Å². The van der Waals surface area contributed by atoms with E-state index in [-0.39, 0.29) is 21.9 Å². The lowest BCUT2D eigenvalue weighted by molar-refractivity contribution is 0.459. The molecule has 100 valence electrons. The molecule has 0 unspecified atom stereocenters. The number of rotatable bonds is 2. The second-order valence-electron chi connectivity index (χ2n) is 3.55. The van der Waals surface area contributed by atoms with Crippen LogP contribution in [0.4, 0.5) is 34.6 Å². The van der Waals surface area contributed by atoms with E-state index >= 15 is 0 Å². The minimum absolute atomic E-state index is 0.0535. The minimum Gasteiger partial charge on any atom is -0.396 e. The topological polar surface area (TPSA) is 50.9 Å². The number of nitrogen functional groups attached to an aromatic ring is 1. The fraction of sp³-hybridized carbons (Fsp3) is 0. The van der Waals surface area contributed by atoms with Crippen molar-refractivity contribution in [2.24, 2.45) is 0 Å². The van der Waals surface area contributed by atoms with Crippen molar-refractivity contribution in [3.63, 3.8) is 0 Å². The maximum absolute atomic E-state index is 13.5. The van der Waals surface area contributed by atoms with Crippen LogP contribution in [0, 0.1) is 23.3 Å². The summed E-state index contributed by atoms with van der Waals surface area (Å²) < 4.78 is 53.3. The molecule has 0 bridgehead atoms. The number of anilines is 3. The lowest BCUT2D eigenvalue weighted by Gasteiger charge is -2.13. The molecule has 0 atom stereocenters. The van der Waals surface area contributed by atoms with Crippen LogP contribution in [0.3, 0.4) is 0 Å². The molecular formula is C11H6BrF4N3. The van der Waals surface area contributed by atoms with Crippen molar-refractivity contribution < 1.29 is 17.6 Å². The molecular weight excluding hydrogens is 330 g/mol.